The number of rotatable bonds is 2. The molecule has 0 aliphatic heterocycles. The van der Waals surface area contributed by atoms with Crippen molar-refractivity contribution in [2.24, 2.45) is 0 Å². The van der Waals surface area contributed by atoms with Gasteiger partial charge >= 0.3 is 0 Å². The maximum atomic E-state index is 5.62. The summed E-state index contributed by atoms with van der Waals surface area (Å²) in [7, 11) is 0. The van der Waals surface area contributed by atoms with Crippen molar-refractivity contribution in [3.63, 3.8) is 0 Å². The van der Waals surface area contributed by atoms with Gasteiger partial charge in [0.05, 0.1) is 0 Å². The molecule has 0 aliphatic carbocycles. The van der Waals surface area contributed by atoms with Crippen molar-refractivity contribution in [1.29, 1.82) is 0 Å². The highest BCUT2D eigenvalue weighted by atomic mass is 32.1. The predicted octanol–water partition coefficient (Wildman–Crippen LogP) is 2.53. The van der Waals surface area contributed by atoms with E-state index in [2.05, 4.69) is 16.0 Å². The number of nitrogens with one attached hydrogen (secondary N) is 3. The lowest BCUT2D eigenvalue weighted by molar-refractivity contribution is 1.39. The fourth-order valence-corrected chi connectivity index (χ4v) is 2.07. The lowest BCUT2D eigenvalue weighted by Gasteiger charge is -2.13. The van der Waals surface area contributed by atoms with E-state index in [1.54, 1.807) is 24.3 Å². The standard InChI is InChI=1S/C14H15N5S2/c15-9-1-5-11(6-2-9)17-13(20)19-14(21)18-12-7-3-10(16)4-8-12/h1-8H,15-16H2,(H3,17,18,19,20,21). The summed E-state index contributed by atoms with van der Waals surface area (Å²) in [5, 5.41) is 9.70. The van der Waals surface area contributed by atoms with E-state index in [-0.39, 0.29) is 0 Å². The number of thiocarbonyl (C=S) groups is 2. The fourth-order valence-electron chi connectivity index (χ4n) is 1.56. The van der Waals surface area contributed by atoms with Crippen molar-refractivity contribution in [2.75, 3.05) is 22.1 Å². The van der Waals surface area contributed by atoms with Crippen LogP contribution < -0.4 is 27.4 Å². The van der Waals surface area contributed by atoms with Crippen LogP contribution in [0.3, 0.4) is 0 Å². The van der Waals surface area contributed by atoms with E-state index in [1.165, 1.54) is 0 Å². The maximum Gasteiger partial charge on any atom is 0.177 e. The van der Waals surface area contributed by atoms with Crippen molar-refractivity contribution in [3.8, 4) is 0 Å². The van der Waals surface area contributed by atoms with E-state index in [1.807, 2.05) is 24.3 Å². The molecule has 0 spiro atoms. The van der Waals surface area contributed by atoms with E-state index >= 15 is 0 Å². The average Bonchev–Trinajstić information content (AvgIpc) is 2.44. The van der Waals surface area contributed by atoms with E-state index < -0.39 is 0 Å². The van der Waals surface area contributed by atoms with E-state index in [0.29, 0.717) is 21.6 Å². The van der Waals surface area contributed by atoms with Crippen LogP contribution in [-0.4, -0.2) is 10.2 Å². The Hall–Kier alpha value is -2.38. The molecule has 21 heavy (non-hydrogen) atoms. The van der Waals surface area contributed by atoms with Gasteiger partial charge in [0.15, 0.2) is 10.2 Å². The smallest absolute Gasteiger partial charge is 0.177 e. The predicted molar refractivity (Wildman–Crippen MR) is 97.3 cm³/mol. The molecule has 0 radical (unpaired) electrons. The van der Waals surface area contributed by atoms with Gasteiger partial charge in [-0.05, 0) is 73.0 Å². The van der Waals surface area contributed by atoms with Gasteiger partial charge in [0.2, 0.25) is 0 Å². The molecule has 0 heterocycles. The minimum atomic E-state index is 0.396. The number of hydrogen-bond donors (Lipinski definition) is 5. The van der Waals surface area contributed by atoms with Crippen LogP contribution in [0.15, 0.2) is 48.5 Å². The lowest BCUT2D eigenvalue weighted by atomic mass is 10.3. The van der Waals surface area contributed by atoms with Gasteiger partial charge in [0.25, 0.3) is 0 Å². The summed E-state index contributed by atoms with van der Waals surface area (Å²) in [5.41, 5.74) is 14.3. The second-order valence-corrected chi connectivity index (χ2v) is 5.09. The Kier molecular flexibility index (Phi) is 4.91. The Morgan fingerprint density at radius 3 is 1.33 bits per heavy atom. The largest absolute Gasteiger partial charge is 0.399 e. The third kappa shape index (κ3) is 4.90. The third-order valence-electron chi connectivity index (χ3n) is 2.56. The molecule has 0 fully saturated rings. The van der Waals surface area contributed by atoms with Crippen LogP contribution in [-0.2, 0) is 0 Å². The SMILES string of the molecule is Nc1ccc(NC(=S)NC(=S)Nc2ccc(N)cc2)cc1. The van der Waals surface area contributed by atoms with Crippen LogP contribution in [0, 0.1) is 0 Å². The van der Waals surface area contributed by atoms with Crippen LogP contribution in [0.2, 0.25) is 0 Å². The zero-order valence-electron chi connectivity index (χ0n) is 11.1. The Labute approximate surface area is 133 Å². The second kappa shape index (κ2) is 6.87. The van der Waals surface area contributed by atoms with E-state index in [0.717, 1.165) is 11.4 Å². The summed E-state index contributed by atoms with van der Waals surface area (Å²) in [4.78, 5) is 0. The first-order valence-corrected chi connectivity index (χ1v) is 6.94. The molecule has 108 valence electrons. The highest BCUT2D eigenvalue weighted by Crippen LogP contribution is 2.11. The van der Waals surface area contributed by atoms with Gasteiger partial charge in [-0.15, -0.1) is 0 Å². The second-order valence-electron chi connectivity index (χ2n) is 4.28. The minimum Gasteiger partial charge on any atom is -0.399 e. The molecule has 0 atom stereocenters. The quantitative estimate of drug-likeness (QED) is 0.430. The average molecular weight is 317 g/mol. The molecular formula is C14H15N5S2. The summed E-state index contributed by atoms with van der Waals surface area (Å²) in [6, 6.07) is 14.5. The molecule has 0 saturated carbocycles. The number of nitrogen functional groups attached to an aromatic ring is 2. The molecule has 7 heteroatoms. The Morgan fingerprint density at radius 2 is 1.00 bits per heavy atom. The monoisotopic (exact) mass is 317 g/mol. The van der Waals surface area contributed by atoms with Crippen molar-refractivity contribution in [2.45, 2.75) is 0 Å². The van der Waals surface area contributed by atoms with E-state index in [9.17, 15) is 0 Å². The summed E-state index contributed by atoms with van der Waals surface area (Å²) >= 11 is 10.4. The normalized spacial score (nSPS) is 9.71. The molecular weight excluding hydrogens is 302 g/mol. The van der Waals surface area contributed by atoms with Crippen LogP contribution in [0.25, 0.3) is 0 Å². The van der Waals surface area contributed by atoms with Crippen molar-refractivity contribution in [1.82, 2.24) is 5.32 Å². The van der Waals surface area contributed by atoms with Gasteiger partial charge in [-0.1, -0.05) is 0 Å². The minimum absolute atomic E-state index is 0.396. The molecule has 0 unspecified atom stereocenters. The van der Waals surface area contributed by atoms with Crippen LogP contribution in [0.5, 0.6) is 0 Å². The summed E-state index contributed by atoms with van der Waals surface area (Å²) < 4.78 is 0. The zero-order valence-corrected chi connectivity index (χ0v) is 12.7. The van der Waals surface area contributed by atoms with Gasteiger partial charge in [-0.2, -0.15) is 0 Å². The summed E-state index contributed by atoms with van der Waals surface area (Å²) in [5.74, 6) is 0. The number of anilines is 4. The number of benzene rings is 2. The number of hydrogen-bond acceptors (Lipinski definition) is 4. The zero-order chi connectivity index (χ0) is 15.2. The lowest BCUT2D eigenvalue weighted by Crippen LogP contribution is -2.37. The molecule has 2 aromatic rings. The first-order chi connectivity index (χ1) is 10.0. The molecule has 5 nitrogen and oxygen atoms in total. The molecule has 7 N–H and O–H groups in total. The van der Waals surface area contributed by atoms with Crippen molar-refractivity contribution < 1.29 is 0 Å². The highest BCUT2D eigenvalue weighted by molar-refractivity contribution is 7.82. The Balaban J connectivity index is 1.85. The molecule has 0 saturated heterocycles. The molecule has 2 aromatic carbocycles. The Bertz CT molecular complexity index is 580. The van der Waals surface area contributed by atoms with Crippen LogP contribution in [0.4, 0.5) is 22.7 Å². The van der Waals surface area contributed by atoms with Gasteiger partial charge < -0.3 is 27.4 Å². The highest BCUT2D eigenvalue weighted by Gasteiger charge is 2.02. The topological polar surface area (TPSA) is 88.1 Å². The van der Waals surface area contributed by atoms with Crippen LogP contribution >= 0.6 is 24.4 Å². The van der Waals surface area contributed by atoms with Crippen molar-refractivity contribution in [3.05, 3.63) is 48.5 Å². The molecule has 0 amide bonds. The molecule has 0 bridgehead atoms. The van der Waals surface area contributed by atoms with Gasteiger partial charge in [0.1, 0.15) is 0 Å². The first kappa shape index (κ1) is 15.0. The summed E-state index contributed by atoms with van der Waals surface area (Å²) in [6.45, 7) is 0. The van der Waals surface area contributed by atoms with Gasteiger partial charge in [0, 0.05) is 22.7 Å². The molecule has 0 aliphatic rings. The maximum absolute atomic E-state index is 5.62. The van der Waals surface area contributed by atoms with E-state index in [4.69, 9.17) is 35.9 Å². The third-order valence-corrected chi connectivity index (χ3v) is 2.97. The summed E-state index contributed by atoms with van der Waals surface area (Å²) in [6.07, 6.45) is 0. The van der Waals surface area contributed by atoms with Crippen molar-refractivity contribution >= 4 is 57.4 Å². The van der Waals surface area contributed by atoms with Crippen LogP contribution in [0.1, 0.15) is 0 Å². The Morgan fingerprint density at radius 1 is 0.667 bits per heavy atom. The number of nitrogens with two attached hydrogens (primary N) is 2. The molecule has 0 aromatic heterocycles. The first-order valence-electron chi connectivity index (χ1n) is 6.13. The fraction of sp³-hybridized carbons (Fsp3) is 0. The molecule has 2 rings (SSSR count). The van der Waals surface area contributed by atoms with Gasteiger partial charge in [-0.25, -0.2) is 0 Å². The van der Waals surface area contributed by atoms with Gasteiger partial charge in [-0.3, -0.25) is 0 Å².